The lowest BCUT2D eigenvalue weighted by atomic mass is 10.1. The first kappa shape index (κ1) is 15.0. The zero-order valence-electron chi connectivity index (χ0n) is 11.4. The van der Waals surface area contributed by atoms with Crippen molar-refractivity contribution in [2.75, 3.05) is 19.6 Å². The summed E-state index contributed by atoms with van der Waals surface area (Å²) in [5.41, 5.74) is 5.78. The molecule has 1 aliphatic heterocycles. The summed E-state index contributed by atoms with van der Waals surface area (Å²) in [6.45, 7) is 5.70. The van der Waals surface area contributed by atoms with Gasteiger partial charge in [-0.15, -0.1) is 0 Å². The van der Waals surface area contributed by atoms with Crippen molar-refractivity contribution in [2.45, 2.75) is 45.6 Å². The molecule has 3 N–H and O–H groups in total. The molecule has 0 spiro atoms. The maximum Gasteiger partial charge on any atom is 0.241 e. The lowest BCUT2D eigenvalue weighted by Crippen LogP contribution is -2.46. The Morgan fingerprint density at radius 2 is 1.94 bits per heavy atom. The first-order valence-electron chi connectivity index (χ1n) is 6.79. The van der Waals surface area contributed by atoms with Crippen molar-refractivity contribution in [3.63, 3.8) is 0 Å². The van der Waals surface area contributed by atoms with Gasteiger partial charge in [0.25, 0.3) is 0 Å². The second-order valence-corrected chi connectivity index (χ2v) is 5.43. The van der Waals surface area contributed by atoms with Gasteiger partial charge in [0.1, 0.15) is 0 Å². The maximum atomic E-state index is 11.8. The molecule has 2 amide bonds. The standard InChI is InChI=1S/C13H25N3O2/c1-10(2)3-4-12(17)15-9-13(18)16-7-5-11(14)6-8-16/h10-11H,3-9,14H2,1-2H3,(H,15,17). The number of amides is 2. The highest BCUT2D eigenvalue weighted by Gasteiger charge is 2.20. The second kappa shape index (κ2) is 7.36. The highest BCUT2D eigenvalue weighted by molar-refractivity contribution is 5.84. The van der Waals surface area contributed by atoms with E-state index in [1.807, 2.05) is 0 Å². The van der Waals surface area contributed by atoms with Crippen LogP contribution in [0, 0.1) is 5.92 Å². The molecule has 0 aromatic carbocycles. The van der Waals surface area contributed by atoms with E-state index in [4.69, 9.17) is 5.73 Å². The van der Waals surface area contributed by atoms with Gasteiger partial charge >= 0.3 is 0 Å². The van der Waals surface area contributed by atoms with E-state index in [0.717, 1.165) is 19.3 Å². The SMILES string of the molecule is CC(C)CCC(=O)NCC(=O)N1CCC(N)CC1. The smallest absolute Gasteiger partial charge is 0.241 e. The molecule has 0 radical (unpaired) electrons. The fourth-order valence-electron chi connectivity index (χ4n) is 1.94. The normalized spacial score (nSPS) is 17.0. The van der Waals surface area contributed by atoms with Crippen LogP contribution in [0.2, 0.25) is 0 Å². The second-order valence-electron chi connectivity index (χ2n) is 5.43. The van der Waals surface area contributed by atoms with Crippen LogP contribution in [0.15, 0.2) is 0 Å². The average molecular weight is 255 g/mol. The zero-order valence-corrected chi connectivity index (χ0v) is 11.4. The number of hydrogen-bond donors (Lipinski definition) is 2. The minimum atomic E-state index is -0.0363. The van der Waals surface area contributed by atoms with Crippen LogP contribution in [0.5, 0.6) is 0 Å². The van der Waals surface area contributed by atoms with Crippen molar-refractivity contribution in [2.24, 2.45) is 11.7 Å². The Balaban J connectivity index is 2.18. The Bertz CT molecular complexity index is 284. The fraction of sp³-hybridized carbons (Fsp3) is 0.846. The minimum absolute atomic E-state index is 0.000188. The third-order valence-electron chi connectivity index (χ3n) is 3.28. The number of hydrogen-bond acceptors (Lipinski definition) is 3. The molecule has 0 saturated carbocycles. The van der Waals surface area contributed by atoms with E-state index < -0.39 is 0 Å². The molecular weight excluding hydrogens is 230 g/mol. The van der Waals surface area contributed by atoms with Crippen molar-refractivity contribution in [3.05, 3.63) is 0 Å². The minimum Gasteiger partial charge on any atom is -0.347 e. The highest BCUT2D eigenvalue weighted by Crippen LogP contribution is 2.08. The summed E-state index contributed by atoms with van der Waals surface area (Å²) in [4.78, 5) is 25.1. The van der Waals surface area contributed by atoms with Gasteiger partial charge in [-0.3, -0.25) is 9.59 Å². The lowest BCUT2D eigenvalue weighted by molar-refractivity contribution is -0.133. The summed E-state index contributed by atoms with van der Waals surface area (Å²) in [5.74, 6) is 0.473. The summed E-state index contributed by atoms with van der Waals surface area (Å²) < 4.78 is 0. The van der Waals surface area contributed by atoms with E-state index in [0.29, 0.717) is 25.4 Å². The fourth-order valence-corrected chi connectivity index (χ4v) is 1.94. The van der Waals surface area contributed by atoms with Crippen LogP contribution in [0.3, 0.4) is 0 Å². The highest BCUT2D eigenvalue weighted by atomic mass is 16.2. The molecule has 0 aromatic heterocycles. The molecule has 0 unspecified atom stereocenters. The molecule has 0 aromatic rings. The predicted octanol–water partition coefficient (Wildman–Crippen LogP) is 0.489. The summed E-state index contributed by atoms with van der Waals surface area (Å²) >= 11 is 0. The zero-order chi connectivity index (χ0) is 13.5. The summed E-state index contributed by atoms with van der Waals surface area (Å²) in [7, 11) is 0. The number of carbonyl (C=O) groups is 2. The van der Waals surface area contributed by atoms with Crippen LogP contribution >= 0.6 is 0 Å². The number of nitrogens with one attached hydrogen (secondary N) is 1. The predicted molar refractivity (Wildman–Crippen MR) is 70.9 cm³/mol. The van der Waals surface area contributed by atoms with Crippen molar-refractivity contribution >= 4 is 11.8 Å². The van der Waals surface area contributed by atoms with E-state index in [1.165, 1.54) is 0 Å². The van der Waals surface area contributed by atoms with Crippen LogP contribution in [-0.2, 0) is 9.59 Å². The monoisotopic (exact) mass is 255 g/mol. The van der Waals surface area contributed by atoms with Crippen LogP contribution in [0.25, 0.3) is 0 Å². The van der Waals surface area contributed by atoms with E-state index in [-0.39, 0.29) is 24.4 Å². The summed E-state index contributed by atoms with van der Waals surface area (Å²) in [6.07, 6.45) is 3.06. The Hall–Kier alpha value is -1.10. The van der Waals surface area contributed by atoms with Crippen molar-refractivity contribution in [1.82, 2.24) is 10.2 Å². The van der Waals surface area contributed by atoms with Crippen molar-refractivity contribution in [3.8, 4) is 0 Å². The number of likely N-dealkylation sites (tertiary alicyclic amines) is 1. The van der Waals surface area contributed by atoms with E-state index in [2.05, 4.69) is 19.2 Å². The van der Waals surface area contributed by atoms with E-state index in [1.54, 1.807) is 4.90 Å². The van der Waals surface area contributed by atoms with Gasteiger partial charge in [-0.2, -0.15) is 0 Å². The molecule has 1 aliphatic rings. The van der Waals surface area contributed by atoms with Crippen LogP contribution in [0.1, 0.15) is 39.5 Å². The maximum absolute atomic E-state index is 11.8. The van der Waals surface area contributed by atoms with Crippen LogP contribution < -0.4 is 11.1 Å². The van der Waals surface area contributed by atoms with Gasteiger partial charge < -0.3 is 16.0 Å². The first-order chi connectivity index (χ1) is 8.49. The molecule has 1 heterocycles. The average Bonchev–Trinajstić information content (AvgIpc) is 2.34. The molecule has 1 saturated heterocycles. The van der Waals surface area contributed by atoms with Gasteiger partial charge in [-0.25, -0.2) is 0 Å². The largest absolute Gasteiger partial charge is 0.347 e. The van der Waals surface area contributed by atoms with Crippen LogP contribution in [0.4, 0.5) is 0 Å². The number of nitrogens with two attached hydrogens (primary N) is 1. The molecular formula is C13H25N3O2. The van der Waals surface area contributed by atoms with Gasteiger partial charge in [0.05, 0.1) is 6.54 Å². The molecule has 1 rings (SSSR count). The molecule has 5 heteroatoms. The van der Waals surface area contributed by atoms with E-state index >= 15 is 0 Å². The third kappa shape index (κ3) is 5.49. The van der Waals surface area contributed by atoms with Gasteiger partial charge in [0.15, 0.2) is 0 Å². The third-order valence-corrected chi connectivity index (χ3v) is 3.28. The molecule has 0 atom stereocenters. The van der Waals surface area contributed by atoms with E-state index in [9.17, 15) is 9.59 Å². The van der Waals surface area contributed by atoms with Crippen molar-refractivity contribution < 1.29 is 9.59 Å². The number of carbonyl (C=O) groups excluding carboxylic acids is 2. The van der Waals surface area contributed by atoms with Gasteiger partial charge in [0, 0.05) is 25.6 Å². The molecule has 5 nitrogen and oxygen atoms in total. The Morgan fingerprint density at radius 3 is 2.50 bits per heavy atom. The topological polar surface area (TPSA) is 75.4 Å². The quantitative estimate of drug-likeness (QED) is 0.750. The lowest BCUT2D eigenvalue weighted by Gasteiger charge is -2.30. The first-order valence-corrected chi connectivity index (χ1v) is 6.79. The van der Waals surface area contributed by atoms with Crippen molar-refractivity contribution in [1.29, 1.82) is 0 Å². The molecule has 104 valence electrons. The number of rotatable bonds is 5. The summed E-state index contributed by atoms with van der Waals surface area (Å²) in [5, 5.41) is 2.68. The molecule has 1 fully saturated rings. The Kier molecular flexibility index (Phi) is 6.12. The number of nitrogens with zero attached hydrogens (tertiary/aromatic N) is 1. The number of piperidine rings is 1. The van der Waals surface area contributed by atoms with Gasteiger partial charge in [0.2, 0.25) is 11.8 Å². The Morgan fingerprint density at radius 1 is 1.33 bits per heavy atom. The van der Waals surface area contributed by atoms with Gasteiger partial charge in [-0.05, 0) is 25.2 Å². The van der Waals surface area contributed by atoms with Crippen LogP contribution in [-0.4, -0.2) is 42.4 Å². The Labute approximate surface area is 109 Å². The summed E-state index contributed by atoms with van der Waals surface area (Å²) in [6, 6.07) is 0.217. The molecule has 18 heavy (non-hydrogen) atoms. The molecule has 0 bridgehead atoms. The van der Waals surface area contributed by atoms with Gasteiger partial charge in [-0.1, -0.05) is 13.8 Å². The molecule has 0 aliphatic carbocycles.